The first-order chi connectivity index (χ1) is 8.05. The molecule has 0 radical (unpaired) electrons. The smallest absolute Gasteiger partial charge is 0.407 e. The molecule has 2 saturated carbocycles. The van der Waals surface area contributed by atoms with Crippen molar-refractivity contribution in [2.45, 2.75) is 44.2 Å². The second-order valence-electron chi connectivity index (χ2n) is 5.72. The van der Waals surface area contributed by atoms with E-state index in [9.17, 15) is 14.7 Å². The molecule has 2 saturated heterocycles. The quantitative estimate of drug-likeness (QED) is 0.704. The van der Waals surface area contributed by atoms with E-state index in [1.807, 2.05) is 0 Å². The summed E-state index contributed by atoms with van der Waals surface area (Å²) in [6, 6.07) is 0.0516. The summed E-state index contributed by atoms with van der Waals surface area (Å²) in [5, 5.41) is 9.23. The number of piperidine rings is 2. The van der Waals surface area contributed by atoms with Gasteiger partial charge in [-0.05, 0) is 38.0 Å². The second kappa shape index (κ2) is 3.37. The summed E-state index contributed by atoms with van der Waals surface area (Å²) in [4.78, 5) is 24.8. The van der Waals surface area contributed by atoms with Crippen molar-refractivity contribution in [2.75, 3.05) is 7.11 Å². The van der Waals surface area contributed by atoms with Crippen LogP contribution in [0.3, 0.4) is 0 Å². The third kappa shape index (κ3) is 1.37. The van der Waals surface area contributed by atoms with Crippen LogP contribution in [0.2, 0.25) is 0 Å². The van der Waals surface area contributed by atoms with Gasteiger partial charge in [-0.25, -0.2) is 4.79 Å². The maximum Gasteiger partial charge on any atom is 0.407 e. The Kier molecular flexibility index (Phi) is 2.15. The van der Waals surface area contributed by atoms with E-state index in [4.69, 9.17) is 4.74 Å². The predicted molar refractivity (Wildman–Crippen MR) is 58.5 cm³/mol. The monoisotopic (exact) mass is 239 g/mol. The first kappa shape index (κ1) is 10.9. The molecule has 17 heavy (non-hydrogen) atoms. The van der Waals surface area contributed by atoms with E-state index in [1.54, 1.807) is 4.90 Å². The standard InChI is InChI=1S/C12H17NO4/c1-17-10(14)12-4-7-2-8(5-12)13(11(15)16)9(3-7)6-12/h7-9H,2-6H2,1H3,(H,15,16). The number of amides is 1. The molecule has 4 rings (SSSR count). The lowest BCUT2D eigenvalue weighted by atomic mass is 9.55. The molecule has 5 heteroatoms. The molecular weight excluding hydrogens is 222 g/mol. The zero-order valence-corrected chi connectivity index (χ0v) is 9.89. The Hall–Kier alpha value is -1.26. The molecule has 0 spiro atoms. The van der Waals surface area contributed by atoms with Crippen LogP contribution in [0.25, 0.3) is 0 Å². The highest BCUT2D eigenvalue weighted by Crippen LogP contribution is 2.56. The fraction of sp³-hybridized carbons (Fsp3) is 0.833. The molecule has 4 fully saturated rings. The van der Waals surface area contributed by atoms with Crippen molar-refractivity contribution in [1.29, 1.82) is 0 Å². The molecule has 4 aliphatic rings. The number of carboxylic acid groups (broad SMARTS) is 1. The van der Waals surface area contributed by atoms with Gasteiger partial charge in [0.05, 0.1) is 12.5 Å². The first-order valence-electron chi connectivity index (χ1n) is 6.15. The van der Waals surface area contributed by atoms with Crippen LogP contribution in [-0.2, 0) is 9.53 Å². The van der Waals surface area contributed by atoms with Crippen LogP contribution in [-0.4, -0.2) is 41.3 Å². The number of carbonyl (C=O) groups is 2. The summed E-state index contributed by atoms with van der Waals surface area (Å²) < 4.78 is 4.93. The molecule has 0 aromatic carbocycles. The Bertz CT molecular complexity index is 365. The van der Waals surface area contributed by atoms with Gasteiger partial charge in [0.1, 0.15) is 0 Å². The lowest BCUT2D eigenvalue weighted by Crippen LogP contribution is -2.64. The van der Waals surface area contributed by atoms with Gasteiger partial charge in [0.15, 0.2) is 0 Å². The van der Waals surface area contributed by atoms with Gasteiger partial charge in [-0.1, -0.05) is 0 Å². The maximum atomic E-state index is 12.0. The van der Waals surface area contributed by atoms with Gasteiger partial charge in [0, 0.05) is 12.1 Å². The van der Waals surface area contributed by atoms with Gasteiger partial charge in [-0.3, -0.25) is 4.79 Å². The van der Waals surface area contributed by atoms with Crippen LogP contribution >= 0.6 is 0 Å². The summed E-state index contributed by atoms with van der Waals surface area (Å²) in [6.07, 6.45) is 3.19. The van der Waals surface area contributed by atoms with Gasteiger partial charge in [0.2, 0.25) is 0 Å². The number of carbonyl (C=O) groups excluding carboxylic acids is 1. The third-order valence-electron chi connectivity index (χ3n) is 4.77. The Morgan fingerprint density at radius 3 is 2.29 bits per heavy atom. The van der Waals surface area contributed by atoms with Crippen LogP contribution < -0.4 is 0 Å². The molecule has 94 valence electrons. The number of hydrogen-bond acceptors (Lipinski definition) is 3. The van der Waals surface area contributed by atoms with Crippen molar-refractivity contribution < 1.29 is 19.4 Å². The van der Waals surface area contributed by atoms with Crippen LogP contribution in [0.1, 0.15) is 32.1 Å². The Balaban J connectivity index is 1.92. The zero-order valence-electron chi connectivity index (χ0n) is 9.89. The third-order valence-corrected chi connectivity index (χ3v) is 4.77. The summed E-state index contributed by atoms with van der Waals surface area (Å²) in [6.45, 7) is 0. The van der Waals surface area contributed by atoms with Crippen molar-refractivity contribution in [1.82, 2.24) is 4.90 Å². The fourth-order valence-corrected chi connectivity index (χ4v) is 4.40. The SMILES string of the molecule is COC(=O)C12CC3CC(C1)N(C(=O)O)C(C3)C2. The van der Waals surface area contributed by atoms with Crippen molar-refractivity contribution in [2.24, 2.45) is 11.3 Å². The van der Waals surface area contributed by atoms with E-state index in [0.29, 0.717) is 18.8 Å². The van der Waals surface area contributed by atoms with Gasteiger partial charge < -0.3 is 14.7 Å². The van der Waals surface area contributed by atoms with E-state index < -0.39 is 11.5 Å². The lowest BCUT2D eigenvalue weighted by Gasteiger charge is -2.59. The van der Waals surface area contributed by atoms with Crippen LogP contribution in [0.4, 0.5) is 4.79 Å². The fourth-order valence-electron chi connectivity index (χ4n) is 4.40. The van der Waals surface area contributed by atoms with E-state index in [-0.39, 0.29) is 18.1 Å². The van der Waals surface area contributed by atoms with Crippen molar-refractivity contribution >= 4 is 12.1 Å². The zero-order chi connectivity index (χ0) is 12.2. The van der Waals surface area contributed by atoms with Gasteiger partial charge in [-0.2, -0.15) is 0 Å². The van der Waals surface area contributed by atoms with Gasteiger partial charge in [-0.15, -0.1) is 0 Å². The average molecular weight is 239 g/mol. The molecule has 2 aliphatic carbocycles. The number of esters is 1. The average Bonchev–Trinajstić information content (AvgIpc) is 2.25. The number of nitrogens with zero attached hydrogens (tertiary/aromatic N) is 1. The van der Waals surface area contributed by atoms with Crippen LogP contribution in [0.15, 0.2) is 0 Å². The van der Waals surface area contributed by atoms with Crippen LogP contribution in [0, 0.1) is 11.3 Å². The normalized spacial score (nSPS) is 42.6. The molecule has 0 aromatic rings. The number of ether oxygens (including phenoxy) is 1. The Morgan fingerprint density at radius 1 is 1.24 bits per heavy atom. The molecule has 5 nitrogen and oxygen atoms in total. The van der Waals surface area contributed by atoms with Crippen molar-refractivity contribution in [3.63, 3.8) is 0 Å². The van der Waals surface area contributed by atoms with Crippen molar-refractivity contribution in [3.8, 4) is 0 Å². The van der Waals surface area contributed by atoms with E-state index in [0.717, 1.165) is 19.3 Å². The molecule has 2 heterocycles. The van der Waals surface area contributed by atoms with Crippen LogP contribution in [0.5, 0.6) is 0 Å². The molecule has 1 N–H and O–H groups in total. The molecule has 4 bridgehead atoms. The topological polar surface area (TPSA) is 66.8 Å². The first-order valence-corrected chi connectivity index (χ1v) is 6.15. The summed E-state index contributed by atoms with van der Waals surface area (Å²) in [7, 11) is 1.43. The summed E-state index contributed by atoms with van der Waals surface area (Å²) in [5.41, 5.74) is -0.392. The van der Waals surface area contributed by atoms with E-state index in [1.165, 1.54) is 7.11 Å². The highest BCUT2D eigenvalue weighted by Gasteiger charge is 2.59. The molecule has 2 aliphatic heterocycles. The minimum absolute atomic E-state index is 0.0258. The lowest BCUT2D eigenvalue weighted by molar-refractivity contribution is -0.172. The Morgan fingerprint density at radius 2 is 1.82 bits per heavy atom. The highest BCUT2D eigenvalue weighted by molar-refractivity contribution is 5.78. The summed E-state index contributed by atoms with van der Waals surface area (Å²) in [5.74, 6) is 0.365. The highest BCUT2D eigenvalue weighted by atomic mass is 16.5. The van der Waals surface area contributed by atoms with E-state index in [2.05, 4.69) is 0 Å². The van der Waals surface area contributed by atoms with Gasteiger partial charge in [0.25, 0.3) is 0 Å². The minimum atomic E-state index is -0.834. The maximum absolute atomic E-state index is 12.0. The molecular formula is C12H17NO4. The van der Waals surface area contributed by atoms with Crippen molar-refractivity contribution in [3.05, 3.63) is 0 Å². The number of methoxy groups -OCH3 is 1. The predicted octanol–water partition coefficient (Wildman–Crippen LogP) is 1.47. The second-order valence-corrected chi connectivity index (χ2v) is 5.72. The minimum Gasteiger partial charge on any atom is -0.469 e. The molecule has 1 amide bonds. The number of rotatable bonds is 1. The summed E-state index contributed by atoms with van der Waals surface area (Å²) >= 11 is 0. The van der Waals surface area contributed by atoms with E-state index >= 15 is 0 Å². The number of hydrogen-bond donors (Lipinski definition) is 1. The largest absolute Gasteiger partial charge is 0.469 e. The van der Waals surface area contributed by atoms with Gasteiger partial charge >= 0.3 is 12.1 Å². The molecule has 0 aromatic heterocycles. The molecule has 2 unspecified atom stereocenters. The Labute approximate surface area is 99.7 Å². The molecule has 2 atom stereocenters.